The molecule has 1 aromatic rings. The molecule has 0 radical (unpaired) electrons. The van der Waals surface area contributed by atoms with Gasteiger partial charge in [0.15, 0.2) is 11.5 Å². The van der Waals surface area contributed by atoms with Gasteiger partial charge in [-0.3, -0.25) is 4.79 Å². The quantitative estimate of drug-likeness (QED) is 0.838. The number of hydrazone groups is 1. The van der Waals surface area contributed by atoms with Crippen LogP contribution in [0.25, 0.3) is 0 Å². The molecule has 23 heavy (non-hydrogen) atoms. The van der Waals surface area contributed by atoms with Crippen molar-refractivity contribution in [1.29, 1.82) is 0 Å². The summed E-state index contributed by atoms with van der Waals surface area (Å²) in [5.74, 6) is 2.15. The van der Waals surface area contributed by atoms with E-state index in [1.807, 2.05) is 18.2 Å². The van der Waals surface area contributed by atoms with Gasteiger partial charge < -0.3 is 9.47 Å². The zero-order valence-corrected chi connectivity index (χ0v) is 13.9. The zero-order chi connectivity index (χ0) is 16.2. The van der Waals surface area contributed by atoms with Crippen molar-refractivity contribution in [1.82, 2.24) is 5.01 Å². The Labute approximate surface area is 137 Å². The fraction of sp³-hybridized carbons (Fsp3) is 0.556. The summed E-state index contributed by atoms with van der Waals surface area (Å²) < 4.78 is 10.7. The van der Waals surface area contributed by atoms with Crippen LogP contribution < -0.4 is 9.47 Å². The number of carbonyl (C=O) groups is 1. The van der Waals surface area contributed by atoms with Gasteiger partial charge in [0, 0.05) is 18.5 Å². The number of hydrogen-bond acceptors (Lipinski definition) is 4. The van der Waals surface area contributed by atoms with Crippen LogP contribution in [0, 0.1) is 5.92 Å². The van der Waals surface area contributed by atoms with Gasteiger partial charge >= 0.3 is 0 Å². The van der Waals surface area contributed by atoms with Crippen LogP contribution in [0.5, 0.6) is 11.5 Å². The lowest BCUT2D eigenvalue weighted by Crippen LogP contribution is -2.33. The van der Waals surface area contributed by atoms with Gasteiger partial charge in [0.1, 0.15) is 0 Å². The van der Waals surface area contributed by atoms with E-state index in [1.165, 1.54) is 19.3 Å². The number of ether oxygens (including phenoxy) is 2. The number of hydrogen-bond donors (Lipinski definition) is 0. The Kier molecular flexibility index (Phi) is 4.84. The third kappa shape index (κ3) is 3.49. The highest BCUT2D eigenvalue weighted by Crippen LogP contribution is 2.30. The van der Waals surface area contributed by atoms with Gasteiger partial charge in [-0.15, -0.1) is 0 Å². The molecule has 0 unspecified atom stereocenters. The van der Waals surface area contributed by atoms with E-state index in [0.717, 1.165) is 30.7 Å². The van der Waals surface area contributed by atoms with Gasteiger partial charge in [0.05, 0.1) is 19.9 Å². The molecule has 1 amide bonds. The van der Waals surface area contributed by atoms with E-state index in [2.05, 4.69) is 5.10 Å². The summed E-state index contributed by atoms with van der Waals surface area (Å²) in [6, 6.07) is 5.81. The second-order valence-electron chi connectivity index (χ2n) is 6.24. The standard InChI is InChI=1S/C18H24N2O3/c1-22-16-10-9-14(11-17(16)23-2)15-7-4-8-18(21)20(19-15)12-13-5-3-6-13/h9-11,13H,3-8,12H2,1-2H3. The number of rotatable bonds is 5. The average Bonchev–Trinajstić information content (AvgIpc) is 2.72. The van der Waals surface area contributed by atoms with Crippen molar-refractivity contribution in [2.45, 2.75) is 38.5 Å². The van der Waals surface area contributed by atoms with Gasteiger partial charge in [-0.05, 0) is 49.8 Å². The molecule has 1 saturated carbocycles. The van der Waals surface area contributed by atoms with Gasteiger partial charge in [0.2, 0.25) is 5.91 Å². The Morgan fingerprint density at radius 2 is 1.91 bits per heavy atom. The lowest BCUT2D eigenvalue weighted by Gasteiger charge is -2.29. The van der Waals surface area contributed by atoms with Crippen LogP contribution in [0.2, 0.25) is 0 Å². The van der Waals surface area contributed by atoms with Crippen LogP contribution >= 0.6 is 0 Å². The Hall–Kier alpha value is -2.04. The van der Waals surface area contributed by atoms with Gasteiger partial charge in [-0.25, -0.2) is 5.01 Å². The van der Waals surface area contributed by atoms with Crippen LogP contribution in [-0.4, -0.2) is 37.4 Å². The largest absolute Gasteiger partial charge is 0.493 e. The van der Waals surface area contributed by atoms with E-state index in [0.29, 0.717) is 23.8 Å². The maximum Gasteiger partial charge on any atom is 0.242 e. The third-order valence-corrected chi connectivity index (χ3v) is 4.71. The van der Waals surface area contributed by atoms with E-state index >= 15 is 0 Å². The normalized spacial score (nSPS) is 19.0. The van der Waals surface area contributed by atoms with Crippen LogP contribution in [0.4, 0.5) is 0 Å². The first-order valence-corrected chi connectivity index (χ1v) is 8.31. The van der Waals surface area contributed by atoms with Crippen LogP contribution in [0.1, 0.15) is 44.1 Å². The van der Waals surface area contributed by atoms with Crippen LogP contribution in [0.3, 0.4) is 0 Å². The molecule has 3 rings (SSSR count). The van der Waals surface area contributed by atoms with Gasteiger partial charge in [-0.1, -0.05) is 6.42 Å². The molecular formula is C18H24N2O3. The molecule has 0 N–H and O–H groups in total. The van der Waals surface area contributed by atoms with Crippen molar-refractivity contribution in [3.05, 3.63) is 23.8 Å². The Balaban J connectivity index is 1.86. The maximum atomic E-state index is 12.3. The molecule has 1 heterocycles. The molecule has 5 nitrogen and oxygen atoms in total. The predicted octanol–water partition coefficient (Wildman–Crippen LogP) is 3.22. The van der Waals surface area contributed by atoms with Gasteiger partial charge in [-0.2, -0.15) is 5.10 Å². The number of methoxy groups -OCH3 is 2. The molecule has 0 spiro atoms. The minimum Gasteiger partial charge on any atom is -0.493 e. The minimum atomic E-state index is 0.146. The molecule has 0 atom stereocenters. The van der Waals surface area contributed by atoms with Crippen molar-refractivity contribution >= 4 is 11.6 Å². The SMILES string of the molecule is COc1ccc(C2=NN(CC3CCC3)C(=O)CCC2)cc1OC. The average molecular weight is 316 g/mol. The molecule has 1 aromatic carbocycles. The van der Waals surface area contributed by atoms with Crippen LogP contribution in [-0.2, 0) is 4.79 Å². The number of nitrogens with zero attached hydrogens (tertiary/aromatic N) is 2. The first-order chi connectivity index (χ1) is 11.2. The molecule has 1 fully saturated rings. The summed E-state index contributed by atoms with van der Waals surface area (Å²) in [5.41, 5.74) is 1.95. The summed E-state index contributed by atoms with van der Waals surface area (Å²) >= 11 is 0. The van der Waals surface area contributed by atoms with Crippen LogP contribution in [0.15, 0.2) is 23.3 Å². The lowest BCUT2D eigenvalue weighted by atomic mass is 9.85. The van der Waals surface area contributed by atoms with E-state index < -0.39 is 0 Å². The number of benzene rings is 1. The smallest absolute Gasteiger partial charge is 0.242 e. The predicted molar refractivity (Wildman–Crippen MR) is 89.0 cm³/mol. The van der Waals surface area contributed by atoms with E-state index in [1.54, 1.807) is 19.2 Å². The molecule has 0 bridgehead atoms. The van der Waals surface area contributed by atoms with Gasteiger partial charge in [0.25, 0.3) is 0 Å². The number of amides is 1. The third-order valence-electron chi connectivity index (χ3n) is 4.71. The second kappa shape index (κ2) is 7.02. The van der Waals surface area contributed by atoms with E-state index in [-0.39, 0.29) is 5.91 Å². The summed E-state index contributed by atoms with van der Waals surface area (Å²) in [7, 11) is 3.25. The molecule has 0 aromatic heterocycles. The summed E-state index contributed by atoms with van der Waals surface area (Å²) in [6.45, 7) is 0.760. The van der Waals surface area contributed by atoms with Crippen molar-refractivity contribution in [2.24, 2.45) is 11.0 Å². The van der Waals surface area contributed by atoms with E-state index in [9.17, 15) is 4.79 Å². The summed E-state index contributed by atoms with van der Waals surface area (Å²) in [5, 5.41) is 6.38. The fourth-order valence-electron chi connectivity index (χ4n) is 3.07. The molecule has 1 aliphatic carbocycles. The molecule has 5 heteroatoms. The first-order valence-electron chi connectivity index (χ1n) is 8.31. The topological polar surface area (TPSA) is 51.1 Å². The molecule has 124 valence electrons. The van der Waals surface area contributed by atoms with E-state index in [4.69, 9.17) is 9.47 Å². The first kappa shape index (κ1) is 15.8. The number of carbonyl (C=O) groups excluding carboxylic acids is 1. The maximum absolute atomic E-state index is 12.3. The molecule has 2 aliphatic rings. The zero-order valence-electron chi connectivity index (χ0n) is 13.9. The Morgan fingerprint density at radius 1 is 1.13 bits per heavy atom. The summed E-state index contributed by atoms with van der Waals surface area (Å²) in [4.78, 5) is 12.3. The fourth-order valence-corrected chi connectivity index (χ4v) is 3.07. The Morgan fingerprint density at radius 3 is 2.57 bits per heavy atom. The highest BCUT2D eigenvalue weighted by atomic mass is 16.5. The molecular weight excluding hydrogens is 292 g/mol. The highest BCUT2D eigenvalue weighted by Gasteiger charge is 2.25. The van der Waals surface area contributed by atoms with Crippen molar-refractivity contribution in [3.8, 4) is 11.5 Å². The monoisotopic (exact) mass is 316 g/mol. The molecule has 0 saturated heterocycles. The highest BCUT2D eigenvalue weighted by molar-refractivity contribution is 6.02. The van der Waals surface area contributed by atoms with Crippen molar-refractivity contribution in [2.75, 3.05) is 20.8 Å². The Bertz CT molecular complexity index is 608. The second-order valence-corrected chi connectivity index (χ2v) is 6.24. The summed E-state index contributed by atoms with van der Waals surface area (Å²) in [6.07, 6.45) is 5.93. The van der Waals surface area contributed by atoms with Crippen molar-refractivity contribution in [3.63, 3.8) is 0 Å². The van der Waals surface area contributed by atoms with Crippen molar-refractivity contribution < 1.29 is 14.3 Å². The minimum absolute atomic E-state index is 0.146. The molecule has 1 aliphatic heterocycles. The lowest BCUT2D eigenvalue weighted by molar-refractivity contribution is -0.132.